The van der Waals surface area contributed by atoms with Crippen LogP contribution in [0, 0.1) is 5.82 Å². The van der Waals surface area contributed by atoms with Crippen LogP contribution in [0.4, 0.5) is 10.1 Å². The highest BCUT2D eigenvalue weighted by Gasteiger charge is 2.10. The average molecular weight is 221 g/mol. The summed E-state index contributed by atoms with van der Waals surface area (Å²) in [5.74, 6) is -0.744. The van der Waals surface area contributed by atoms with E-state index in [2.05, 4.69) is 0 Å². The first-order chi connectivity index (χ1) is 7.18. The number of rotatable bonds is 2. The van der Waals surface area contributed by atoms with Crippen LogP contribution < -0.4 is 5.73 Å². The molecule has 0 radical (unpaired) electrons. The van der Waals surface area contributed by atoms with Gasteiger partial charge in [-0.2, -0.15) is 11.3 Å². The number of carbonyl (C=O) groups excluding carboxylic acids is 1. The Morgan fingerprint density at radius 2 is 2.07 bits per heavy atom. The largest absolute Gasteiger partial charge is 0.396 e. The summed E-state index contributed by atoms with van der Waals surface area (Å²) in [4.78, 5) is 11.8. The van der Waals surface area contributed by atoms with Crippen molar-refractivity contribution >= 4 is 22.8 Å². The van der Waals surface area contributed by atoms with Gasteiger partial charge in [0.1, 0.15) is 5.82 Å². The SMILES string of the molecule is Nc1ccc(C(=O)c2ccsc2)cc1F. The molecular weight excluding hydrogens is 213 g/mol. The van der Waals surface area contributed by atoms with E-state index in [1.165, 1.54) is 23.5 Å². The van der Waals surface area contributed by atoms with Gasteiger partial charge in [-0.15, -0.1) is 0 Å². The molecule has 0 aliphatic rings. The number of hydrogen-bond acceptors (Lipinski definition) is 3. The standard InChI is InChI=1S/C11H8FNOS/c12-9-5-7(1-2-10(9)13)11(14)8-3-4-15-6-8/h1-6H,13H2. The molecule has 0 fully saturated rings. The Bertz CT molecular complexity index is 493. The van der Waals surface area contributed by atoms with Crippen molar-refractivity contribution < 1.29 is 9.18 Å². The van der Waals surface area contributed by atoms with E-state index < -0.39 is 5.82 Å². The fourth-order valence-electron chi connectivity index (χ4n) is 1.23. The highest BCUT2D eigenvalue weighted by atomic mass is 32.1. The molecule has 76 valence electrons. The molecule has 0 unspecified atom stereocenters. The quantitative estimate of drug-likeness (QED) is 0.626. The van der Waals surface area contributed by atoms with Crippen LogP contribution in [0.25, 0.3) is 0 Å². The maximum absolute atomic E-state index is 13.1. The van der Waals surface area contributed by atoms with Crippen LogP contribution in [0.2, 0.25) is 0 Å². The second-order valence-corrected chi connectivity index (χ2v) is 3.86. The van der Waals surface area contributed by atoms with Crippen molar-refractivity contribution in [2.24, 2.45) is 0 Å². The first-order valence-electron chi connectivity index (χ1n) is 4.30. The van der Waals surface area contributed by atoms with Gasteiger partial charge in [0.25, 0.3) is 0 Å². The number of halogens is 1. The summed E-state index contributed by atoms with van der Waals surface area (Å²) >= 11 is 1.43. The molecule has 0 saturated carbocycles. The molecule has 2 N–H and O–H groups in total. The summed E-state index contributed by atoms with van der Waals surface area (Å²) in [6, 6.07) is 5.80. The summed E-state index contributed by atoms with van der Waals surface area (Å²) < 4.78 is 13.1. The van der Waals surface area contributed by atoms with E-state index in [0.717, 1.165) is 6.07 Å². The molecule has 0 aliphatic heterocycles. The predicted molar refractivity (Wildman–Crippen MR) is 58.6 cm³/mol. The lowest BCUT2D eigenvalue weighted by Crippen LogP contribution is -2.01. The fraction of sp³-hybridized carbons (Fsp3) is 0. The average Bonchev–Trinajstić information content (AvgIpc) is 2.74. The van der Waals surface area contributed by atoms with Crippen LogP contribution in [0.1, 0.15) is 15.9 Å². The van der Waals surface area contributed by atoms with Crippen LogP contribution in [0.3, 0.4) is 0 Å². The van der Waals surface area contributed by atoms with E-state index in [4.69, 9.17) is 5.73 Å². The Kier molecular flexibility index (Phi) is 2.51. The zero-order valence-corrected chi connectivity index (χ0v) is 8.55. The molecule has 0 atom stereocenters. The molecule has 0 spiro atoms. The van der Waals surface area contributed by atoms with Gasteiger partial charge in [-0.1, -0.05) is 0 Å². The molecular formula is C11H8FNOS. The molecule has 0 bridgehead atoms. The van der Waals surface area contributed by atoms with Crippen LogP contribution in [0.5, 0.6) is 0 Å². The molecule has 0 aliphatic carbocycles. The third-order valence-electron chi connectivity index (χ3n) is 2.05. The minimum Gasteiger partial charge on any atom is -0.396 e. The summed E-state index contributed by atoms with van der Waals surface area (Å²) in [5.41, 5.74) is 6.27. The third kappa shape index (κ3) is 1.89. The molecule has 15 heavy (non-hydrogen) atoms. The monoisotopic (exact) mass is 221 g/mol. The molecule has 4 heteroatoms. The first kappa shape index (κ1) is 9.86. The first-order valence-corrected chi connectivity index (χ1v) is 5.24. The lowest BCUT2D eigenvalue weighted by molar-refractivity contribution is 0.103. The van der Waals surface area contributed by atoms with Crippen molar-refractivity contribution in [3.8, 4) is 0 Å². The maximum atomic E-state index is 13.1. The summed E-state index contributed by atoms with van der Waals surface area (Å²) in [6.07, 6.45) is 0. The minimum absolute atomic E-state index is 0.0527. The number of anilines is 1. The Labute approximate surface area is 90.2 Å². The molecule has 2 aromatic rings. The third-order valence-corrected chi connectivity index (χ3v) is 2.73. The number of nitrogen functional groups attached to an aromatic ring is 1. The zero-order chi connectivity index (χ0) is 10.8. The summed E-state index contributed by atoms with van der Waals surface area (Å²) in [5, 5.41) is 3.54. The van der Waals surface area contributed by atoms with Crippen LogP contribution in [-0.4, -0.2) is 5.78 Å². The summed E-state index contributed by atoms with van der Waals surface area (Å²) in [7, 11) is 0. The van der Waals surface area contributed by atoms with E-state index >= 15 is 0 Å². The molecule has 1 aromatic carbocycles. The lowest BCUT2D eigenvalue weighted by Gasteiger charge is -2.00. The van der Waals surface area contributed by atoms with Crippen molar-refractivity contribution in [3.05, 3.63) is 52.0 Å². The van der Waals surface area contributed by atoms with E-state index in [1.54, 1.807) is 16.8 Å². The van der Waals surface area contributed by atoms with Crippen LogP contribution >= 0.6 is 11.3 Å². The van der Waals surface area contributed by atoms with Gasteiger partial charge in [-0.3, -0.25) is 4.79 Å². The van der Waals surface area contributed by atoms with Gasteiger partial charge in [0.2, 0.25) is 0 Å². The van der Waals surface area contributed by atoms with E-state index in [9.17, 15) is 9.18 Å². The van der Waals surface area contributed by atoms with E-state index in [0.29, 0.717) is 11.1 Å². The Morgan fingerprint density at radius 3 is 2.67 bits per heavy atom. The van der Waals surface area contributed by atoms with E-state index in [-0.39, 0.29) is 11.5 Å². The number of thiophene rings is 1. The van der Waals surface area contributed by atoms with Crippen LogP contribution in [0.15, 0.2) is 35.0 Å². The van der Waals surface area contributed by atoms with Gasteiger partial charge in [0.05, 0.1) is 5.69 Å². The topological polar surface area (TPSA) is 43.1 Å². The van der Waals surface area contributed by atoms with Gasteiger partial charge in [-0.25, -0.2) is 4.39 Å². The number of ketones is 1. The van der Waals surface area contributed by atoms with Crippen molar-refractivity contribution in [3.63, 3.8) is 0 Å². The number of carbonyl (C=O) groups is 1. The smallest absolute Gasteiger partial charge is 0.193 e. The number of nitrogens with two attached hydrogens (primary N) is 1. The Morgan fingerprint density at radius 1 is 1.27 bits per heavy atom. The molecule has 1 aromatic heterocycles. The highest BCUT2D eigenvalue weighted by Crippen LogP contribution is 2.16. The van der Waals surface area contributed by atoms with Crippen LogP contribution in [-0.2, 0) is 0 Å². The maximum Gasteiger partial charge on any atom is 0.193 e. The second kappa shape index (κ2) is 3.82. The number of benzene rings is 1. The van der Waals surface area contributed by atoms with Crippen molar-refractivity contribution in [2.75, 3.05) is 5.73 Å². The molecule has 0 amide bonds. The molecule has 2 nitrogen and oxygen atoms in total. The second-order valence-electron chi connectivity index (χ2n) is 3.08. The zero-order valence-electron chi connectivity index (χ0n) is 7.74. The van der Waals surface area contributed by atoms with Gasteiger partial charge in [-0.05, 0) is 29.6 Å². The van der Waals surface area contributed by atoms with Crippen molar-refractivity contribution in [2.45, 2.75) is 0 Å². The van der Waals surface area contributed by atoms with Gasteiger partial charge >= 0.3 is 0 Å². The Hall–Kier alpha value is -1.68. The normalized spacial score (nSPS) is 10.2. The molecule has 1 heterocycles. The van der Waals surface area contributed by atoms with Crippen molar-refractivity contribution in [1.29, 1.82) is 0 Å². The molecule has 2 rings (SSSR count). The van der Waals surface area contributed by atoms with Crippen molar-refractivity contribution in [1.82, 2.24) is 0 Å². The summed E-state index contributed by atoms with van der Waals surface area (Å²) in [6.45, 7) is 0. The predicted octanol–water partition coefficient (Wildman–Crippen LogP) is 2.70. The van der Waals surface area contributed by atoms with Gasteiger partial charge < -0.3 is 5.73 Å². The fourth-order valence-corrected chi connectivity index (χ4v) is 1.86. The lowest BCUT2D eigenvalue weighted by atomic mass is 10.1. The number of hydrogen-bond donors (Lipinski definition) is 1. The minimum atomic E-state index is -0.559. The highest BCUT2D eigenvalue weighted by molar-refractivity contribution is 7.08. The van der Waals surface area contributed by atoms with Gasteiger partial charge in [0, 0.05) is 16.5 Å². The Balaban J connectivity index is 2.39. The van der Waals surface area contributed by atoms with Gasteiger partial charge in [0.15, 0.2) is 5.78 Å². The van der Waals surface area contributed by atoms with E-state index in [1.807, 2.05) is 0 Å². The molecule has 0 saturated heterocycles.